The quantitative estimate of drug-likeness (QED) is 0.570. The number of piperazine rings is 1. The molecule has 2 aliphatic heterocycles. The molecular weight excluding hydrogens is 456 g/mol. The van der Waals surface area contributed by atoms with Crippen LogP contribution in [-0.4, -0.2) is 64.4 Å². The fourth-order valence-corrected chi connectivity index (χ4v) is 5.28. The summed E-state index contributed by atoms with van der Waals surface area (Å²) in [5.41, 5.74) is 9.83. The lowest BCUT2D eigenvalue weighted by Gasteiger charge is -2.52. The largest absolute Gasteiger partial charge is 0.444 e. The van der Waals surface area contributed by atoms with Crippen LogP contribution in [0.1, 0.15) is 47.9 Å². The molecule has 3 amide bonds. The van der Waals surface area contributed by atoms with Gasteiger partial charge in [0.05, 0.1) is 6.54 Å². The monoisotopic (exact) mass is 492 g/mol. The van der Waals surface area contributed by atoms with Gasteiger partial charge in [0.15, 0.2) is 0 Å². The molecule has 2 aliphatic rings. The summed E-state index contributed by atoms with van der Waals surface area (Å²) in [5, 5.41) is 0. The Morgan fingerprint density at radius 2 is 1.75 bits per heavy atom. The lowest BCUT2D eigenvalue weighted by molar-refractivity contribution is -0.169. The van der Waals surface area contributed by atoms with Crippen LogP contribution in [0.3, 0.4) is 0 Å². The number of nitrogens with two attached hydrogens (primary N) is 1. The van der Waals surface area contributed by atoms with Gasteiger partial charge in [-0.3, -0.25) is 14.5 Å². The minimum atomic E-state index is -0.610. The first-order chi connectivity index (χ1) is 17.4. The van der Waals surface area contributed by atoms with Gasteiger partial charge in [0.1, 0.15) is 18.8 Å². The smallest absolute Gasteiger partial charge is 0.411 e. The average molecular weight is 493 g/mol. The van der Waals surface area contributed by atoms with Crippen LogP contribution in [0.2, 0.25) is 0 Å². The van der Waals surface area contributed by atoms with Crippen molar-refractivity contribution in [2.45, 2.75) is 64.9 Å². The van der Waals surface area contributed by atoms with Gasteiger partial charge in [0, 0.05) is 19.5 Å². The van der Waals surface area contributed by atoms with Gasteiger partial charge in [-0.15, -0.1) is 0 Å². The highest BCUT2D eigenvalue weighted by atomic mass is 16.6. The van der Waals surface area contributed by atoms with Crippen LogP contribution in [0, 0.1) is 13.8 Å². The summed E-state index contributed by atoms with van der Waals surface area (Å²) in [6.45, 7) is 5.67. The molecule has 2 atom stereocenters. The minimum Gasteiger partial charge on any atom is -0.444 e. The van der Waals surface area contributed by atoms with E-state index in [9.17, 15) is 14.4 Å². The molecule has 4 rings (SSSR count). The Morgan fingerprint density at radius 3 is 2.44 bits per heavy atom. The van der Waals surface area contributed by atoms with Crippen LogP contribution < -0.4 is 5.73 Å². The SMILES string of the molecule is Cc1cc(C)cc(COC(=O)N2CCC(=O)N3C2CN(Cc2ccccc2)C(=O)[C@@H]3CCCCN)c1. The van der Waals surface area contributed by atoms with Crippen molar-refractivity contribution in [3.05, 3.63) is 70.8 Å². The van der Waals surface area contributed by atoms with Gasteiger partial charge in [-0.1, -0.05) is 59.7 Å². The molecule has 2 heterocycles. The number of ether oxygens (including phenoxy) is 1. The molecule has 0 spiro atoms. The first kappa shape index (κ1) is 25.7. The van der Waals surface area contributed by atoms with E-state index in [0.717, 1.165) is 35.1 Å². The van der Waals surface area contributed by atoms with Crippen LogP contribution >= 0.6 is 0 Å². The number of fused-ring (bicyclic) bond motifs is 1. The van der Waals surface area contributed by atoms with E-state index in [1.165, 1.54) is 0 Å². The summed E-state index contributed by atoms with van der Waals surface area (Å²) >= 11 is 0. The summed E-state index contributed by atoms with van der Waals surface area (Å²) in [6, 6.07) is 15.2. The third kappa shape index (κ3) is 5.87. The van der Waals surface area contributed by atoms with Crippen molar-refractivity contribution in [3.8, 4) is 0 Å². The maximum atomic E-state index is 13.5. The Labute approximate surface area is 213 Å². The molecule has 1 unspecified atom stereocenters. The van der Waals surface area contributed by atoms with Crippen molar-refractivity contribution in [2.24, 2.45) is 5.73 Å². The van der Waals surface area contributed by atoms with E-state index < -0.39 is 18.3 Å². The molecule has 8 heteroatoms. The van der Waals surface area contributed by atoms with Crippen LogP contribution in [0.5, 0.6) is 0 Å². The van der Waals surface area contributed by atoms with Crippen molar-refractivity contribution in [2.75, 3.05) is 19.6 Å². The number of amides is 3. The number of hydrogen-bond donors (Lipinski definition) is 1. The third-order valence-corrected chi connectivity index (χ3v) is 6.88. The first-order valence-corrected chi connectivity index (χ1v) is 12.7. The number of nitrogens with zero attached hydrogens (tertiary/aromatic N) is 3. The van der Waals surface area contributed by atoms with Gasteiger partial charge in [0.25, 0.3) is 0 Å². The number of aryl methyl sites for hydroxylation is 2. The maximum Gasteiger partial charge on any atom is 0.411 e. The predicted octanol–water partition coefficient (Wildman–Crippen LogP) is 3.34. The van der Waals surface area contributed by atoms with E-state index in [1.807, 2.05) is 56.3 Å². The maximum absolute atomic E-state index is 13.5. The molecule has 2 aromatic carbocycles. The number of unbranched alkanes of at least 4 members (excludes halogenated alkanes) is 1. The van der Waals surface area contributed by atoms with Gasteiger partial charge in [-0.2, -0.15) is 0 Å². The molecule has 0 saturated carbocycles. The number of hydrogen-bond acceptors (Lipinski definition) is 5. The summed E-state index contributed by atoms with van der Waals surface area (Å²) in [4.78, 5) is 44.9. The van der Waals surface area contributed by atoms with E-state index in [2.05, 4.69) is 6.07 Å². The molecule has 8 nitrogen and oxygen atoms in total. The normalized spacial score (nSPS) is 19.9. The Kier molecular flexibility index (Phi) is 8.25. The molecule has 2 fully saturated rings. The highest BCUT2D eigenvalue weighted by Gasteiger charge is 2.48. The Morgan fingerprint density at radius 1 is 1.03 bits per heavy atom. The van der Waals surface area contributed by atoms with E-state index >= 15 is 0 Å². The van der Waals surface area contributed by atoms with Crippen LogP contribution in [0.25, 0.3) is 0 Å². The van der Waals surface area contributed by atoms with E-state index in [0.29, 0.717) is 19.5 Å². The fourth-order valence-electron chi connectivity index (χ4n) is 5.28. The Bertz CT molecular complexity index is 1070. The zero-order valence-electron chi connectivity index (χ0n) is 21.2. The van der Waals surface area contributed by atoms with Crippen molar-refractivity contribution in [1.82, 2.24) is 14.7 Å². The second kappa shape index (κ2) is 11.6. The molecule has 0 bridgehead atoms. The van der Waals surface area contributed by atoms with Gasteiger partial charge in [-0.05, 0) is 50.8 Å². The van der Waals surface area contributed by atoms with Crippen LogP contribution in [-0.2, 0) is 27.5 Å². The number of benzene rings is 2. The van der Waals surface area contributed by atoms with Crippen molar-refractivity contribution < 1.29 is 19.1 Å². The number of carbonyl (C=O) groups is 3. The Balaban J connectivity index is 1.55. The first-order valence-electron chi connectivity index (χ1n) is 12.7. The Hall–Kier alpha value is -3.39. The molecule has 0 aliphatic carbocycles. The number of rotatable bonds is 8. The van der Waals surface area contributed by atoms with Gasteiger partial charge in [-0.25, -0.2) is 4.79 Å². The molecular formula is C28H36N4O4. The van der Waals surface area contributed by atoms with Crippen molar-refractivity contribution >= 4 is 17.9 Å². The van der Waals surface area contributed by atoms with Gasteiger partial charge < -0.3 is 20.3 Å². The molecule has 2 saturated heterocycles. The van der Waals surface area contributed by atoms with Crippen LogP contribution in [0.4, 0.5) is 4.79 Å². The highest BCUT2D eigenvalue weighted by molar-refractivity contribution is 5.90. The third-order valence-electron chi connectivity index (χ3n) is 6.88. The van der Waals surface area contributed by atoms with E-state index in [1.54, 1.807) is 14.7 Å². The topological polar surface area (TPSA) is 96.2 Å². The average Bonchev–Trinajstić information content (AvgIpc) is 2.85. The van der Waals surface area contributed by atoms with E-state index in [-0.39, 0.29) is 37.9 Å². The van der Waals surface area contributed by atoms with E-state index in [4.69, 9.17) is 10.5 Å². The molecule has 0 radical (unpaired) electrons. The number of carbonyl (C=O) groups excluding carboxylic acids is 3. The van der Waals surface area contributed by atoms with Crippen molar-refractivity contribution in [1.29, 1.82) is 0 Å². The van der Waals surface area contributed by atoms with Crippen LogP contribution in [0.15, 0.2) is 48.5 Å². The highest BCUT2D eigenvalue weighted by Crippen LogP contribution is 2.29. The molecule has 0 aromatic heterocycles. The second-order valence-corrected chi connectivity index (χ2v) is 9.78. The second-order valence-electron chi connectivity index (χ2n) is 9.78. The van der Waals surface area contributed by atoms with Crippen molar-refractivity contribution in [3.63, 3.8) is 0 Å². The van der Waals surface area contributed by atoms with Gasteiger partial charge in [0.2, 0.25) is 11.8 Å². The summed E-state index contributed by atoms with van der Waals surface area (Å²) in [6.07, 6.45) is 1.19. The fraction of sp³-hybridized carbons (Fsp3) is 0.464. The zero-order chi connectivity index (χ0) is 25.7. The summed E-state index contributed by atoms with van der Waals surface area (Å²) in [7, 11) is 0. The molecule has 2 aromatic rings. The summed E-state index contributed by atoms with van der Waals surface area (Å²) < 4.78 is 5.70. The van der Waals surface area contributed by atoms with Gasteiger partial charge >= 0.3 is 6.09 Å². The zero-order valence-corrected chi connectivity index (χ0v) is 21.2. The standard InChI is InChI=1S/C28H36N4O4/c1-20-14-21(2)16-23(15-20)19-36-28(35)31-13-11-26(33)32-24(10-6-7-12-29)27(34)30(18-25(31)32)17-22-8-4-3-5-9-22/h3-5,8-9,14-16,24-25H,6-7,10-13,17-19,29H2,1-2H3/t24-,25?/m0/s1. The predicted molar refractivity (Wildman–Crippen MR) is 137 cm³/mol. The molecule has 2 N–H and O–H groups in total. The lowest BCUT2D eigenvalue weighted by atomic mass is 9.98. The lowest BCUT2D eigenvalue weighted by Crippen LogP contribution is -2.71. The summed E-state index contributed by atoms with van der Waals surface area (Å²) in [5.74, 6) is -0.172. The molecule has 192 valence electrons. The molecule has 36 heavy (non-hydrogen) atoms. The minimum absolute atomic E-state index is 0.0778.